The van der Waals surface area contributed by atoms with Crippen LogP contribution in [0.3, 0.4) is 0 Å². The smallest absolute Gasteiger partial charge is 0.0897 e. The minimum atomic E-state index is -0.371. The molecule has 1 saturated heterocycles. The van der Waals surface area contributed by atoms with Gasteiger partial charge in [0.25, 0.3) is 0 Å². The lowest BCUT2D eigenvalue weighted by Gasteiger charge is -2.15. The van der Waals surface area contributed by atoms with Crippen molar-refractivity contribution in [3.8, 4) is 0 Å². The van der Waals surface area contributed by atoms with E-state index in [9.17, 15) is 5.11 Å². The standard InChI is InChI=1S/C17H36N2O2/c1-3-4-5-6-7-8-11-21-15-17(20)13-18-12-16-9-10-19(2)14-16/h16-18,20H,3-15H2,1-2H3. The first-order valence-corrected chi connectivity index (χ1v) is 8.87. The average Bonchev–Trinajstić information content (AvgIpc) is 2.87. The summed E-state index contributed by atoms with van der Waals surface area (Å²) in [7, 11) is 2.17. The van der Waals surface area contributed by atoms with E-state index in [1.807, 2.05) is 0 Å². The highest BCUT2D eigenvalue weighted by Crippen LogP contribution is 2.12. The Bertz CT molecular complexity index is 239. The lowest BCUT2D eigenvalue weighted by atomic mass is 10.1. The Hall–Kier alpha value is -0.160. The molecule has 0 aromatic rings. The van der Waals surface area contributed by atoms with Gasteiger partial charge in [0.15, 0.2) is 0 Å². The van der Waals surface area contributed by atoms with Gasteiger partial charge in [-0.3, -0.25) is 0 Å². The molecule has 1 rings (SSSR count). The number of aliphatic hydroxyl groups is 1. The van der Waals surface area contributed by atoms with Crippen LogP contribution < -0.4 is 5.32 Å². The predicted molar refractivity (Wildman–Crippen MR) is 88.7 cm³/mol. The Morgan fingerprint density at radius 3 is 2.71 bits per heavy atom. The van der Waals surface area contributed by atoms with Gasteiger partial charge in [-0.15, -0.1) is 0 Å². The van der Waals surface area contributed by atoms with Crippen LogP contribution in [0, 0.1) is 5.92 Å². The van der Waals surface area contributed by atoms with Crippen LogP contribution in [0.15, 0.2) is 0 Å². The van der Waals surface area contributed by atoms with Crippen molar-refractivity contribution >= 4 is 0 Å². The number of hydrogen-bond acceptors (Lipinski definition) is 4. The topological polar surface area (TPSA) is 44.7 Å². The Labute approximate surface area is 131 Å². The molecule has 4 nitrogen and oxygen atoms in total. The van der Waals surface area contributed by atoms with Gasteiger partial charge in [-0.1, -0.05) is 39.0 Å². The summed E-state index contributed by atoms with van der Waals surface area (Å²) in [4.78, 5) is 2.37. The van der Waals surface area contributed by atoms with Gasteiger partial charge in [-0.25, -0.2) is 0 Å². The number of hydrogen-bond donors (Lipinski definition) is 2. The summed E-state index contributed by atoms with van der Waals surface area (Å²) >= 11 is 0. The van der Waals surface area contributed by atoms with Gasteiger partial charge >= 0.3 is 0 Å². The van der Waals surface area contributed by atoms with Crippen LogP contribution in [0.25, 0.3) is 0 Å². The summed E-state index contributed by atoms with van der Waals surface area (Å²) < 4.78 is 5.54. The highest BCUT2D eigenvalue weighted by atomic mass is 16.5. The largest absolute Gasteiger partial charge is 0.389 e. The highest BCUT2D eigenvalue weighted by molar-refractivity contribution is 4.75. The second kappa shape index (κ2) is 12.4. The van der Waals surface area contributed by atoms with Crippen LogP contribution in [-0.2, 0) is 4.74 Å². The van der Waals surface area contributed by atoms with E-state index in [4.69, 9.17) is 4.74 Å². The Morgan fingerprint density at radius 1 is 1.24 bits per heavy atom. The first-order chi connectivity index (χ1) is 10.2. The number of aliphatic hydroxyl groups excluding tert-OH is 1. The molecule has 1 aliphatic heterocycles. The molecule has 0 aromatic heterocycles. The zero-order valence-corrected chi connectivity index (χ0v) is 14.1. The minimum absolute atomic E-state index is 0.371. The summed E-state index contributed by atoms with van der Waals surface area (Å²) in [5, 5.41) is 13.2. The van der Waals surface area contributed by atoms with Crippen molar-refractivity contribution in [3.05, 3.63) is 0 Å². The van der Waals surface area contributed by atoms with Crippen molar-refractivity contribution in [3.63, 3.8) is 0 Å². The molecule has 126 valence electrons. The molecule has 2 N–H and O–H groups in total. The third-order valence-electron chi connectivity index (χ3n) is 4.25. The molecule has 0 spiro atoms. The minimum Gasteiger partial charge on any atom is -0.389 e. The first-order valence-electron chi connectivity index (χ1n) is 8.87. The van der Waals surface area contributed by atoms with E-state index >= 15 is 0 Å². The van der Waals surface area contributed by atoms with E-state index in [2.05, 4.69) is 24.2 Å². The SMILES string of the molecule is CCCCCCCCOCC(O)CNCC1CCN(C)C1. The third-order valence-corrected chi connectivity index (χ3v) is 4.25. The van der Waals surface area contributed by atoms with Crippen molar-refractivity contribution in [1.29, 1.82) is 0 Å². The average molecular weight is 300 g/mol. The maximum atomic E-state index is 9.85. The molecule has 21 heavy (non-hydrogen) atoms. The number of rotatable bonds is 13. The molecule has 0 aliphatic carbocycles. The van der Waals surface area contributed by atoms with Crippen molar-refractivity contribution in [1.82, 2.24) is 10.2 Å². The zero-order valence-electron chi connectivity index (χ0n) is 14.1. The van der Waals surface area contributed by atoms with Crippen molar-refractivity contribution in [2.45, 2.75) is 58.0 Å². The molecule has 0 radical (unpaired) electrons. The lowest BCUT2D eigenvalue weighted by Crippen LogP contribution is -2.34. The zero-order chi connectivity index (χ0) is 15.3. The normalized spacial score (nSPS) is 21.0. The summed E-state index contributed by atoms with van der Waals surface area (Å²) in [6.07, 6.45) is 8.59. The molecule has 1 aliphatic rings. The molecular formula is C17H36N2O2. The number of nitrogens with one attached hydrogen (secondary N) is 1. The van der Waals surface area contributed by atoms with Crippen LogP contribution >= 0.6 is 0 Å². The first kappa shape index (κ1) is 18.9. The van der Waals surface area contributed by atoms with E-state index in [-0.39, 0.29) is 6.10 Å². The van der Waals surface area contributed by atoms with Crippen LogP contribution in [0.2, 0.25) is 0 Å². The molecular weight excluding hydrogens is 264 g/mol. The molecule has 0 aromatic carbocycles. The number of ether oxygens (including phenoxy) is 1. The van der Waals surface area contributed by atoms with Gasteiger partial charge in [-0.2, -0.15) is 0 Å². The monoisotopic (exact) mass is 300 g/mol. The van der Waals surface area contributed by atoms with E-state index in [0.717, 1.165) is 25.5 Å². The molecule has 2 atom stereocenters. The molecule has 0 saturated carbocycles. The molecule has 4 heteroatoms. The lowest BCUT2D eigenvalue weighted by molar-refractivity contribution is 0.0351. The van der Waals surface area contributed by atoms with E-state index < -0.39 is 0 Å². The molecule has 1 heterocycles. The van der Waals surface area contributed by atoms with Gasteiger partial charge in [0, 0.05) is 19.7 Å². The Kier molecular flexibility index (Phi) is 11.1. The quantitative estimate of drug-likeness (QED) is 0.512. The van der Waals surface area contributed by atoms with Gasteiger partial charge < -0.3 is 20.1 Å². The summed E-state index contributed by atoms with van der Waals surface area (Å²) in [6.45, 7) is 7.54. The van der Waals surface area contributed by atoms with Crippen molar-refractivity contribution < 1.29 is 9.84 Å². The summed E-state index contributed by atoms with van der Waals surface area (Å²) in [6, 6.07) is 0. The second-order valence-corrected chi connectivity index (χ2v) is 6.57. The number of unbranched alkanes of at least 4 members (excludes halogenated alkanes) is 5. The van der Waals surface area contributed by atoms with Crippen LogP contribution in [0.5, 0.6) is 0 Å². The fraction of sp³-hybridized carbons (Fsp3) is 1.00. The summed E-state index contributed by atoms with van der Waals surface area (Å²) in [5.41, 5.74) is 0. The third kappa shape index (κ3) is 10.2. The van der Waals surface area contributed by atoms with E-state index in [1.54, 1.807) is 0 Å². The highest BCUT2D eigenvalue weighted by Gasteiger charge is 2.18. The van der Waals surface area contributed by atoms with Crippen LogP contribution in [-0.4, -0.2) is 62.6 Å². The summed E-state index contributed by atoms with van der Waals surface area (Å²) in [5.74, 6) is 0.742. The van der Waals surface area contributed by atoms with Gasteiger partial charge in [0.2, 0.25) is 0 Å². The fourth-order valence-corrected chi connectivity index (χ4v) is 2.91. The maximum absolute atomic E-state index is 9.85. The van der Waals surface area contributed by atoms with E-state index in [1.165, 1.54) is 51.6 Å². The van der Waals surface area contributed by atoms with Gasteiger partial charge in [-0.05, 0) is 38.9 Å². The molecule has 0 bridgehead atoms. The number of likely N-dealkylation sites (tertiary alicyclic amines) is 1. The second-order valence-electron chi connectivity index (χ2n) is 6.57. The molecule has 1 fully saturated rings. The van der Waals surface area contributed by atoms with Gasteiger partial charge in [0.1, 0.15) is 0 Å². The van der Waals surface area contributed by atoms with Crippen LogP contribution in [0.1, 0.15) is 51.9 Å². The fourth-order valence-electron chi connectivity index (χ4n) is 2.91. The number of nitrogens with zero attached hydrogens (tertiary/aromatic N) is 1. The maximum Gasteiger partial charge on any atom is 0.0897 e. The van der Waals surface area contributed by atoms with Crippen LogP contribution in [0.4, 0.5) is 0 Å². The predicted octanol–water partition coefficient (Wildman–Crippen LogP) is 2.27. The Morgan fingerprint density at radius 2 is 2.00 bits per heavy atom. The van der Waals surface area contributed by atoms with E-state index in [0.29, 0.717) is 13.2 Å². The van der Waals surface area contributed by atoms with Crippen molar-refractivity contribution in [2.24, 2.45) is 5.92 Å². The molecule has 2 unspecified atom stereocenters. The van der Waals surface area contributed by atoms with Crippen molar-refractivity contribution in [2.75, 3.05) is 46.4 Å². The Balaban J connectivity index is 1.82. The van der Waals surface area contributed by atoms with Gasteiger partial charge in [0.05, 0.1) is 12.7 Å². The molecule has 0 amide bonds.